The second kappa shape index (κ2) is 5.44. The van der Waals surface area contributed by atoms with E-state index in [0.717, 1.165) is 12.3 Å². The Morgan fingerprint density at radius 2 is 2.25 bits per heavy atom. The van der Waals surface area contributed by atoms with Gasteiger partial charge in [0, 0.05) is 17.7 Å². The number of fused-ring (bicyclic) bond motifs is 1. The van der Waals surface area contributed by atoms with E-state index in [1.54, 1.807) is 0 Å². The molecule has 0 spiro atoms. The van der Waals surface area contributed by atoms with Crippen molar-refractivity contribution in [1.82, 2.24) is 5.32 Å². The first-order valence-corrected chi connectivity index (χ1v) is 7.62. The van der Waals surface area contributed by atoms with Crippen LogP contribution in [0.4, 0.5) is 0 Å². The van der Waals surface area contributed by atoms with Crippen molar-refractivity contribution in [2.24, 2.45) is 11.8 Å². The van der Waals surface area contributed by atoms with Gasteiger partial charge in [-0.15, -0.1) is 0 Å². The first-order valence-electron chi connectivity index (χ1n) is 6.58. The zero-order valence-electron chi connectivity index (χ0n) is 10.4. The van der Waals surface area contributed by atoms with Crippen LogP contribution >= 0.6 is 11.8 Å². The van der Waals surface area contributed by atoms with Gasteiger partial charge in [-0.1, -0.05) is 33.1 Å². The van der Waals surface area contributed by atoms with Crippen molar-refractivity contribution in [3.63, 3.8) is 0 Å². The average molecular weight is 241 g/mol. The number of hydrogen-bond acceptors (Lipinski definition) is 2. The normalized spacial score (nSPS) is 33.2. The van der Waals surface area contributed by atoms with Crippen LogP contribution in [0.25, 0.3) is 0 Å². The lowest BCUT2D eigenvalue weighted by Gasteiger charge is -2.17. The maximum Gasteiger partial charge on any atom is 0.220 e. The van der Waals surface area contributed by atoms with E-state index >= 15 is 0 Å². The van der Waals surface area contributed by atoms with E-state index in [2.05, 4.69) is 30.9 Å². The summed E-state index contributed by atoms with van der Waals surface area (Å²) in [6.45, 7) is 4.58. The van der Waals surface area contributed by atoms with Gasteiger partial charge < -0.3 is 5.32 Å². The molecule has 0 aromatic heterocycles. The Kier molecular flexibility index (Phi) is 4.17. The molecule has 2 fully saturated rings. The van der Waals surface area contributed by atoms with Gasteiger partial charge in [-0.25, -0.2) is 0 Å². The number of carbonyl (C=O) groups is 1. The fraction of sp³-hybridized carbons (Fsp3) is 0.923. The molecule has 3 heteroatoms. The van der Waals surface area contributed by atoms with Gasteiger partial charge >= 0.3 is 0 Å². The fourth-order valence-electron chi connectivity index (χ4n) is 2.80. The Morgan fingerprint density at radius 1 is 1.44 bits per heavy atom. The van der Waals surface area contributed by atoms with Gasteiger partial charge in [0.05, 0.1) is 0 Å². The quantitative estimate of drug-likeness (QED) is 0.750. The monoisotopic (exact) mass is 241 g/mol. The number of rotatable bonds is 5. The second-order valence-corrected chi connectivity index (χ2v) is 6.88. The number of thioether (sulfide) groups is 1. The molecule has 0 aromatic rings. The van der Waals surface area contributed by atoms with E-state index in [9.17, 15) is 4.79 Å². The zero-order valence-corrected chi connectivity index (χ0v) is 11.2. The molecule has 1 amide bonds. The van der Waals surface area contributed by atoms with Gasteiger partial charge in [0.25, 0.3) is 0 Å². The Bertz CT molecular complexity index is 254. The van der Waals surface area contributed by atoms with Crippen LogP contribution < -0.4 is 5.32 Å². The van der Waals surface area contributed by atoms with Crippen LogP contribution in [-0.4, -0.2) is 23.0 Å². The van der Waals surface area contributed by atoms with Gasteiger partial charge in [0.15, 0.2) is 0 Å². The summed E-state index contributed by atoms with van der Waals surface area (Å²) in [7, 11) is 0. The number of unbranched alkanes of at least 4 members (excludes halogenated alkanes) is 1. The molecule has 0 bridgehead atoms. The average Bonchev–Trinajstić information content (AvgIpc) is 2.72. The molecule has 0 radical (unpaired) electrons. The summed E-state index contributed by atoms with van der Waals surface area (Å²) in [6.07, 6.45) is 6.09. The topological polar surface area (TPSA) is 29.1 Å². The highest BCUT2D eigenvalue weighted by Gasteiger charge is 2.42. The van der Waals surface area contributed by atoms with Gasteiger partial charge in [-0.3, -0.25) is 4.79 Å². The molecular formula is C13H23NOS. The minimum absolute atomic E-state index is 0.280. The molecule has 2 aliphatic heterocycles. The first kappa shape index (κ1) is 12.3. The van der Waals surface area contributed by atoms with Crippen LogP contribution in [0, 0.1) is 11.8 Å². The summed E-state index contributed by atoms with van der Waals surface area (Å²) in [5, 5.41) is 3.85. The molecule has 0 saturated carbocycles. The predicted octanol–water partition coefficient (Wildman–Crippen LogP) is 2.82. The predicted molar refractivity (Wildman–Crippen MR) is 69.6 cm³/mol. The van der Waals surface area contributed by atoms with E-state index in [0.29, 0.717) is 17.2 Å². The van der Waals surface area contributed by atoms with Crippen LogP contribution in [0.5, 0.6) is 0 Å². The summed E-state index contributed by atoms with van der Waals surface area (Å²) in [5.74, 6) is 2.93. The van der Waals surface area contributed by atoms with E-state index in [1.807, 2.05) is 0 Å². The zero-order chi connectivity index (χ0) is 11.5. The van der Waals surface area contributed by atoms with Crippen molar-refractivity contribution in [3.05, 3.63) is 0 Å². The van der Waals surface area contributed by atoms with Crippen molar-refractivity contribution in [2.45, 2.75) is 57.2 Å². The summed E-state index contributed by atoms with van der Waals surface area (Å²) in [4.78, 5) is 11.3. The molecule has 2 rings (SSSR count). The van der Waals surface area contributed by atoms with Crippen molar-refractivity contribution < 1.29 is 4.79 Å². The van der Waals surface area contributed by atoms with E-state index in [-0.39, 0.29) is 5.91 Å². The summed E-state index contributed by atoms with van der Waals surface area (Å²) in [6, 6.07) is 0.497. The molecule has 3 atom stereocenters. The molecule has 2 heterocycles. The van der Waals surface area contributed by atoms with Crippen molar-refractivity contribution in [1.29, 1.82) is 0 Å². The third-order valence-corrected chi connectivity index (χ3v) is 5.31. The van der Waals surface area contributed by atoms with Gasteiger partial charge in [0.2, 0.25) is 5.91 Å². The molecular weight excluding hydrogens is 218 g/mol. The van der Waals surface area contributed by atoms with Gasteiger partial charge in [-0.05, 0) is 24.0 Å². The lowest BCUT2D eigenvalue weighted by atomic mass is 9.96. The maximum atomic E-state index is 11.3. The molecule has 0 aromatic carbocycles. The number of nitrogens with one attached hydrogen (secondary N) is 1. The van der Waals surface area contributed by atoms with Gasteiger partial charge in [0.1, 0.15) is 0 Å². The molecule has 2 aliphatic rings. The van der Waals surface area contributed by atoms with Crippen LogP contribution in [0.3, 0.4) is 0 Å². The highest BCUT2D eigenvalue weighted by atomic mass is 32.2. The third-order valence-electron chi connectivity index (χ3n) is 3.73. The first-order chi connectivity index (χ1) is 7.66. The lowest BCUT2D eigenvalue weighted by Crippen LogP contribution is -2.34. The Morgan fingerprint density at radius 3 is 3.00 bits per heavy atom. The van der Waals surface area contributed by atoms with E-state index in [1.165, 1.54) is 31.4 Å². The Hall–Kier alpha value is -0.180. The second-order valence-electron chi connectivity index (χ2n) is 5.61. The van der Waals surface area contributed by atoms with Crippen LogP contribution in [0.15, 0.2) is 0 Å². The largest absolute Gasteiger partial charge is 0.352 e. The standard InChI is InChI=1S/C13H23NOS/c1-9(2)5-3-4-6-11-13-10(8-16-11)7-12(15)14-13/h9-11,13H,3-8H2,1-2H3,(H,14,15). The van der Waals surface area contributed by atoms with Crippen LogP contribution in [-0.2, 0) is 4.79 Å². The summed E-state index contributed by atoms with van der Waals surface area (Å²) >= 11 is 2.08. The summed E-state index contributed by atoms with van der Waals surface area (Å²) < 4.78 is 0. The number of carbonyl (C=O) groups excluding carboxylic acids is 1. The molecule has 2 saturated heterocycles. The minimum atomic E-state index is 0.280. The molecule has 16 heavy (non-hydrogen) atoms. The van der Waals surface area contributed by atoms with Crippen LogP contribution in [0.2, 0.25) is 0 Å². The highest BCUT2D eigenvalue weighted by molar-refractivity contribution is 8.00. The SMILES string of the molecule is CC(C)CCCCC1SCC2CC(=O)NC21. The molecule has 1 N–H and O–H groups in total. The summed E-state index contributed by atoms with van der Waals surface area (Å²) in [5.41, 5.74) is 0. The molecule has 3 unspecified atom stereocenters. The van der Waals surface area contributed by atoms with Crippen molar-refractivity contribution in [2.75, 3.05) is 5.75 Å². The van der Waals surface area contributed by atoms with Gasteiger partial charge in [-0.2, -0.15) is 11.8 Å². The molecule has 0 aliphatic carbocycles. The maximum absolute atomic E-state index is 11.3. The molecule has 92 valence electrons. The number of hydrogen-bond donors (Lipinski definition) is 1. The lowest BCUT2D eigenvalue weighted by molar-refractivity contribution is -0.119. The third kappa shape index (κ3) is 2.93. The van der Waals surface area contributed by atoms with Crippen molar-refractivity contribution in [3.8, 4) is 0 Å². The van der Waals surface area contributed by atoms with E-state index in [4.69, 9.17) is 0 Å². The Balaban J connectivity index is 1.68. The number of amides is 1. The fourth-order valence-corrected chi connectivity index (χ4v) is 4.45. The van der Waals surface area contributed by atoms with E-state index < -0.39 is 0 Å². The minimum Gasteiger partial charge on any atom is -0.352 e. The van der Waals surface area contributed by atoms with Crippen molar-refractivity contribution >= 4 is 17.7 Å². The molecule has 2 nitrogen and oxygen atoms in total. The highest BCUT2D eigenvalue weighted by Crippen LogP contribution is 2.39. The van der Waals surface area contributed by atoms with Crippen LogP contribution in [0.1, 0.15) is 46.0 Å². The Labute approximate surface area is 103 Å². The smallest absolute Gasteiger partial charge is 0.220 e.